The average molecular weight is 248 g/mol. The first kappa shape index (κ1) is 14.5. The van der Waals surface area contributed by atoms with E-state index in [1.165, 1.54) is 0 Å². The van der Waals surface area contributed by atoms with Crippen molar-refractivity contribution in [2.45, 2.75) is 32.5 Å². The molecule has 0 saturated carbocycles. The lowest BCUT2D eigenvalue weighted by Crippen LogP contribution is -2.36. The second-order valence-corrected chi connectivity index (χ2v) is 5.23. The molecule has 4 nitrogen and oxygen atoms in total. The molecule has 0 heterocycles. The van der Waals surface area contributed by atoms with Crippen LogP contribution in [0.5, 0.6) is 0 Å². The van der Waals surface area contributed by atoms with E-state index in [2.05, 4.69) is 6.07 Å². The Hall–Kier alpha value is -1.57. The van der Waals surface area contributed by atoms with Crippen LogP contribution in [0.4, 0.5) is 5.69 Å². The molecular weight excluding hydrogens is 228 g/mol. The molecule has 0 saturated heterocycles. The fourth-order valence-corrected chi connectivity index (χ4v) is 1.96. The molecule has 0 aliphatic rings. The Balaban J connectivity index is 3.15. The molecule has 4 heteroatoms. The van der Waals surface area contributed by atoms with E-state index in [0.717, 1.165) is 11.3 Å². The number of nitriles is 1. The summed E-state index contributed by atoms with van der Waals surface area (Å²) in [6, 6.07) is 7.24. The molecule has 1 unspecified atom stereocenters. The topological polar surface area (TPSA) is 67.5 Å². The van der Waals surface area contributed by atoms with Crippen molar-refractivity contribution in [2.75, 3.05) is 18.5 Å². The van der Waals surface area contributed by atoms with Crippen molar-refractivity contribution in [1.29, 1.82) is 5.26 Å². The number of anilines is 1. The highest BCUT2D eigenvalue weighted by Crippen LogP contribution is 2.27. The molecule has 0 fully saturated rings. The zero-order chi connectivity index (χ0) is 13.9. The highest BCUT2D eigenvalue weighted by molar-refractivity contribution is 5.58. The van der Waals surface area contributed by atoms with Crippen molar-refractivity contribution in [3.05, 3.63) is 29.3 Å². The van der Waals surface area contributed by atoms with E-state index < -0.39 is 11.7 Å². The molecule has 2 N–H and O–H groups in total. The maximum absolute atomic E-state index is 9.84. The van der Waals surface area contributed by atoms with E-state index >= 15 is 0 Å². The van der Waals surface area contributed by atoms with Crippen molar-refractivity contribution >= 4 is 5.69 Å². The van der Waals surface area contributed by atoms with Crippen molar-refractivity contribution in [2.24, 2.45) is 0 Å². The van der Waals surface area contributed by atoms with Gasteiger partial charge in [0.1, 0.15) is 0 Å². The van der Waals surface area contributed by atoms with Crippen molar-refractivity contribution in [1.82, 2.24) is 0 Å². The summed E-state index contributed by atoms with van der Waals surface area (Å²) >= 11 is 0. The lowest BCUT2D eigenvalue weighted by atomic mass is 10.0. The Morgan fingerprint density at radius 1 is 1.44 bits per heavy atom. The maximum Gasteiger partial charge on any atom is 0.0992 e. The first-order valence-corrected chi connectivity index (χ1v) is 5.90. The molecule has 0 amide bonds. The van der Waals surface area contributed by atoms with E-state index in [9.17, 15) is 10.2 Å². The maximum atomic E-state index is 9.84. The molecule has 1 aromatic rings. The predicted molar refractivity (Wildman–Crippen MR) is 71.4 cm³/mol. The van der Waals surface area contributed by atoms with Gasteiger partial charge in [0.25, 0.3) is 0 Å². The van der Waals surface area contributed by atoms with Crippen LogP contribution >= 0.6 is 0 Å². The Morgan fingerprint density at radius 3 is 2.50 bits per heavy atom. The zero-order valence-corrected chi connectivity index (χ0v) is 11.3. The van der Waals surface area contributed by atoms with Crippen LogP contribution in [-0.2, 0) is 0 Å². The molecule has 1 rings (SSSR count). The third kappa shape index (κ3) is 3.73. The molecule has 1 atom stereocenters. The molecule has 0 radical (unpaired) electrons. The van der Waals surface area contributed by atoms with Gasteiger partial charge in [0.15, 0.2) is 0 Å². The summed E-state index contributed by atoms with van der Waals surface area (Å²) < 4.78 is 0. The molecule has 18 heavy (non-hydrogen) atoms. The van der Waals surface area contributed by atoms with Crippen LogP contribution in [0.15, 0.2) is 18.2 Å². The Labute approximate surface area is 108 Å². The fourth-order valence-electron chi connectivity index (χ4n) is 1.96. The summed E-state index contributed by atoms with van der Waals surface area (Å²) in [6.45, 7) is 5.55. The number of likely N-dealkylation sites (N-methyl/N-ethyl adjacent to an activating group) is 1. The number of rotatable bonds is 4. The normalized spacial score (nSPS) is 12.9. The van der Waals surface area contributed by atoms with Crippen LogP contribution in [0.1, 0.15) is 38.0 Å². The van der Waals surface area contributed by atoms with Crippen molar-refractivity contribution in [3.63, 3.8) is 0 Å². The van der Waals surface area contributed by atoms with Gasteiger partial charge in [0.05, 0.1) is 23.3 Å². The lowest BCUT2D eigenvalue weighted by Gasteiger charge is -2.29. The first-order chi connectivity index (χ1) is 8.24. The van der Waals surface area contributed by atoms with Gasteiger partial charge in [-0.1, -0.05) is 6.07 Å². The van der Waals surface area contributed by atoms with E-state index in [1.54, 1.807) is 39.0 Å². The highest BCUT2D eigenvalue weighted by Gasteiger charge is 2.19. The minimum Gasteiger partial charge on any atom is -0.389 e. The minimum atomic E-state index is -0.840. The Kier molecular flexibility index (Phi) is 4.33. The second-order valence-electron chi connectivity index (χ2n) is 5.23. The summed E-state index contributed by atoms with van der Waals surface area (Å²) in [5.41, 5.74) is 1.22. The number of nitrogens with zero attached hydrogens (tertiary/aromatic N) is 2. The van der Waals surface area contributed by atoms with Gasteiger partial charge in [0, 0.05) is 24.8 Å². The molecule has 0 spiro atoms. The molecule has 0 aliphatic carbocycles. The van der Waals surface area contributed by atoms with Gasteiger partial charge >= 0.3 is 0 Å². The Bertz CT molecular complexity index is 456. The van der Waals surface area contributed by atoms with Crippen LogP contribution in [-0.4, -0.2) is 29.4 Å². The van der Waals surface area contributed by atoms with Crippen molar-refractivity contribution < 1.29 is 10.2 Å². The Morgan fingerprint density at radius 2 is 2.06 bits per heavy atom. The van der Waals surface area contributed by atoms with Gasteiger partial charge in [-0.15, -0.1) is 0 Å². The van der Waals surface area contributed by atoms with E-state index in [1.807, 2.05) is 11.9 Å². The molecule has 0 aromatic heterocycles. The molecule has 0 bridgehead atoms. The summed E-state index contributed by atoms with van der Waals surface area (Å²) in [5.74, 6) is 0. The number of hydrogen-bond donors (Lipinski definition) is 2. The van der Waals surface area contributed by atoms with Crippen LogP contribution in [0.3, 0.4) is 0 Å². The first-order valence-electron chi connectivity index (χ1n) is 5.90. The van der Waals surface area contributed by atoms with Crippen LogP contribution in [0.2, 0.25) is 0 Å². The lowest BCUT2D eigenvalue weighted by molar-refractivity contribution is 0.0884. The molecule has 1 aromatic carbocycles. The number of benzene rings is 1. The predicted octanol–water partition coefficient (Wildman–Crippen LogP) is 1.82. The van der Waals surface area contributed by atoms with Gasteiger partial charge < -0.3 is 15.1 Å². The third-order valence-corrected chi connectivity index (χ3v) is 2.64. The summed E-state index contributed by atoms with van der Waals surface area (Å²) in [7, 11) is 1.83. The average Bonchev–Trinajstić information content (AvgIpc) is 2.25. The third-order valence-electron chi connectivity index (χ3n) is 2.64. The van der Waals surface area contributed by atoms with E-state index in [0.29, 0.717) is 12.1 Å². The van der Waals surface area contributed by atoms with Gasteiger partial charge in [0.2, 0.25) is 0 Å². The van der Waals surface area contributed by atoms with E-state index in [-0.39, 0.29) is 0 Å². The largest absolute Gasteiger partial charge is 0.389 e. The fraction of sp³-hybridized carbons (Fsp3) is 0.500. The molecule has 0 aliphatic heterocycles. The zero-order valence-electron chi connectivity index (χ0n) is 11.3. The SMILES string of the molecule is CC(O)c1ccc(C#N)cc1N(C)CC(C)(C)O. The number of hydrogen-bond acceptors (Lipinski definition) is 4. The number of aliphatic hydroxyl groups excluding tert-OH is 1. The monoisotopic (exact) mass is 248 g/mol. The van der Waals surface area contributed by atoms with Crippen LogP contribution in [0.25, 0.3) is 0 Å². The van der Waals surface area contributed by atoms with Crippen LogP contribution < -0.4 is 4.90 Å². The summed E-state index contributed by atoms with van der Waals surface area (Å²) in [4.78, 5) is 1.85. The summed E-state index contributed by atoms with van der Waals surface area (Å²) in [5, 5.41) is 28.5. The second kappa shape index (κ2) is 5.38. The summed E-state index contributed by atoms with van der Waals surface area (Å²) in [6.07, 6.45) is -0.614. The van der Waals surface area contributed by atoms with Crippen LogP contribution in [0, 0.1) is 11.3 Å². The standard InChI is InChI=1S/C14H20N2O2/c1-10(17)12-6-5-11(8-15)7-13(12)16(4)9-14(2,3)18/h5-7,10,17-18H,9H2,1-4H3. The van der Waals surface area contributed by atoms with Gasteiger partial charge in [-0.3, -0.25) is 0 Å². The smallest absolute Gasteiger partial charge is 0.0992 e. The van der Waals surface area contributed by atoms with Gasteiger partial charge in [-0.05, 0) is 32.9 Å². The number of aliphatic hydroxyl groups is 2. The van der Waals surface area contributed by atoms with Gasteiger partial charge in [-0.25, -0.2) is 0 Å². The quantitative estimate of drug-likeness (QED) is 0.853. The van der Waals surface area contributed by atoms with Crippen molar-refractivity contribution in [3.8, 4) is 6.07 Å². The minimum absolute atomic E-state index is 0.418. The van der Waals surface area contributed by atoms with E-state index in [4.69, 9.17) is 5.26 Å². The molecular formula is C14H20N2O2. The van der Waals surface area contributed by atoms with Gasteiger partial charge in [-0.2, -0.15) is 5.26 Å². The highest BCUT2D eigenvalue weighted by atomic mass is 16.3. The molecule has 98 valence electrons.